The van der Waals surface area contributed by atoms with Crippen LogP contribution in [0.1, 0.15) is 13.8 Å². The lowest BCUT2D eigenvalue weighted by Gasteiger charge is -2.35. The minimum Gasteiger partial charge on any atom is -0.480 e. The first kappa shape index (κ1) is 15.7. The first-order valence-electron chi connectivity index (χ1n) is 6.49. The molecule has 1 N–H and O–H groups in total. The maximum Gasteiger partial charge on any atom is 0.325 e. The molecule has 10 heteroatoms. The molecule has 1 saturated heterocycles. The Morgan fingerprint density at radius 1 is 1.38 bits per heavy atom. The van der Waals surface area contributed by atoms with Crippen LogP contribution in [0, 0.1) is 0 Å². The van der Waals surface area contributed by atoms with Crippen LogP contribution in [-0.4, -0.2) is 73.1 Å². The van der Waals surface area contributed by atoms with Crippen molar-refractivity contribution in [3.8, 4) is 0 Å². The molecule has 2 atom stereocenters. The van der Waals surface area contributed by atoms with Gasteiger partial charge in [-0.1, -0.05) is 11.8 Å². The molecule has 2 unspecified atom stereocenters. The van der Waals surface area contributed by atoms with Gasteiger partial charge in [0, 0.05) is 13.1 Å². The van der Waals surface area contributed by atoms with E-state index in [0.29, 0.717) is 18.2 Å². The van der Waals surface area contributed by atoms with E-state index in [2.05, 4.69) is 15.5 Å². The van der Waals surface area contributed by atoms with Crippen LogP contribution in [0.5, 0.6) is 0 Å². The molecular formula is C11H17N5O4S. The number of carboxylic acids is 1. The van der Waals surface area contributed by atoms with E-state index in [1.165, 1.54) is 0 Å². The summed E-state index contributed by atoms with van der Waals surface area (Å²) in [6.45, 7) is 4.65. The summed E-state index contributed by atoms with van der Waals surface area (Å²) in [6, 6.07) is 0. The van der Waals surface area contributed by atoms with E-state index in [9.17, 15) is 9.59 Å². The zero-order valence-corrected chi connectivity index (χ0v) is 12.6. The molecular weight excluding hydrogens is 298 g/mol. The predicted octanol–water partition coefficient (Wildman–Crippen LogP) is -0.514. The first-order valence-corrected chi connectivity index (χ1v) is 7.48. The Bertz CT molecular complexity index is 512. The number of morpholine rings is 1. The van der Waals surface area contributed by atoms with Crippen LogP contribution >= 0.6 is 11.8 Å². The van der Waals surface area contributed by atoms with Crippen molar-refractivity contribution >= 4 is 23.6 Å². The highest BCUT2D eigenvalue weighted by atomic mass is 32.2. The second kappa shape index (κ2) is 6.85. The van der Waals surface area contributed by atoms with Crippen LogP contribution < -0.4 is 0 Å². The van der Waals surface area contributed by atoms with Crippen molar-refractivity contribution in [2.24, 2.45) is 0 Å². The van der Waals surface area contributed by atoms with Gasteiger partial charge in [-0.25, -0.2) is 4.68 Å². The number of ether oxygens (including phenoxy) is 1. The number of hydrogen-bond acceptors (Lipinski definition) is 7. The van der Waals surface area contributed by atoms with Gasteiger partial charge in [0.25, 0.3) is 0 Å². The molecule has 1 aliphatic rings. The first-order chi connectivity index (χ1) is 9.95. The Kier molecular flexibility index (Phi) is 5.12. The number of thioether (sulfide) groups is 1. The highest BCUT2D eigenvalue weighted by Gasteiger charge is 2.26. The molecule has 21 heavy (non-hydrogen) atoms. The second-order valence-electron chi connectivity index (χ2n) is 4.86. The maximum absolute atomic E-state index is 12.2. The number of carboxylic acid groups (broad SMARTS) is 1. The van der Waals surface area contributed by atoms with E-state index in [4.69, 9.17) is 9.84 Å². The summed E-state index contributed by atoms with van der Waals surface area (Å²) in [5, 5.41) is 19.8. The van der Waals surface area contributed by atoms with Gasteiger partial charge in [-0.15, -0.1) is 5.10 Å². The smallest absolute Gasteiger partial charge is 0.325 e. The van der Waals surface area contributed by atoms with Gasteiger partial charge in [0.05, 0.1) is 18.0 Å². The third kappa shape index (κ3) is 4.39. The molecule has 116 valence electrons. The zero-order valence-electron chi connectivity index (χ0n) is 11.8. The normalized spacial score (nSPS) is 22.3. The number of hydrogen-bond donors (Lipinski definition) is 1. The number of tetrazole rings is 1. The fourth-order valence-electron chi connectivity index (χ4n) is 2.13. The lowest BCUT2D eigenvalue weighted by Crippen LogP contribution is -2.48. The third-order valence-electron chi connectivity index (χ3n) is 2.88. The average molecular weight is 315 g/mol. The van der Waals surface area contributed by atoms with E-state index >= 15 is 0 Å². The van der Waals surface area contributed by atoms with Crippen molar-refractivity contribution in [3.63, 3.8) is 0 Å². The van der Waals surface area contributed by atoms with Crippen molar-refractivity contribution in [2.75, 3.05) is 18.8 Å². The third-order valence-corrected chi connectivity index (χ3v) is 3.82. The molecule has 9 nitrogen and oxygen atoms in total. The molecule has 0 saturated carbocycles. The summed E-state index contributed by atoms with van der Waals surface area (Å²) < 4.78 is 6.73. The van der Waals surface area contributed by atoms with Crippen molar-refractivity contribution in [2.45, 2.75) is 37.8 Å². The summed E-state index contributed by atoms with van der Waals surface area (Å²) in [6.07, 6.45) is 0.0278. The zero-order chi connectivity index (χ0) is 15.4. The molecule has 0 radical (unpaired) electrons. The summed E-state index contributed by atoms with van der Waals surface area (Å²) in [5.74, 6) is -0.905. The molecule has 0 spiro atoms. The van der Waals surface area contributed by atoms with Gasteiger partial charge < -0.3 is 14.7 Å². The molecule has 1 aliphatic heterocycles. The van der Waals surface area contributed by atoms with Crippen LogP contribution in [0.2, 0.25) is 0 Å². The molecule has 2 rings (SSSR count). The highest BCUT2D eigenvalue weighted by Crippen LogP contribution is 2.17. The fourth-order valence-corrected chi connectivity index (χ4v) is 2.91. The number of amides is 1. The van der Waals surface area contributed by atoms with Crippen LogP contribution in [0.3, 0.4) is 0 Å². The minimum atomic E-state index is -1.04. The van der Waals surface area contributed by atoms with Gasteiger partial charge >= 0.3 is 5.97 Å². The molecule has 0 aliphatic carbocycles. The maximum atomic E-state index is 12.2. The summed E-state index contributed by atoms with van der Waals surface area (Å²) in [5.41, 5.74) is 0. The number of aliphatic carboxylic acids is 1. The Labute approximate surface area is 125 Å². The van der Waals surface area contributed by atoms with E-state index in [1.54, 1.807) is 4.90 Å². The van der Waals surface area contributed by atoms with E-state index in [-0.39, 0.29) is 30.4 Å². The van der Waals surface area contributed by atoms with Crippen molar-refractivity contribution in [3.05, 3.63) is 0 Å². The monoisotopic (exact) mass is 315 g/mol. The van der Waals surface area contributed by atoms with Crippen LogP contribution in [0.15, 0.2) is 5.16 Å². The Morgan fingerprint density at radius 2 is 2.05 bits per heavy atom. The summed E-state index contributed by atoms with van der Waals surface area (Å²) >= 11 is 1.13. The van der Waals surface area contributed by atoms with Crippen LogP contribution in [0.25, 0.3) is 0 Å². The van der Waals surface area contributed by atoms with Gasteiger partial charge in [0.2, 0.25) is 11.1 Å². The van der Waals surface area contributed by atoms with E-state index in [0.717, 1.165) is 16.4 Å². The van der Waals surface area contributed by atoms with Gasteiger partial charge in [0.1, 0.15) is 6.54 Å². The minimum absolute atomic E-state index is 0.0139. The molecule has 2 heterocycles. The lowest BCUT2D eigenvalue weighted by atomic mass is 10.2. The van der Waals surface area contributed by atoms with Crippen molar-refractivity contribution < 1.29 is 19.4 Å². The van der Waals surface area contributed by atoms with Crippen molar-refractivity contribution in [1.82, 2.24) is 25.1 Å². The Balaban J connectivity index is 1.89. The molecule has 1 aromatic rings. The van der Waals surface area contributed by atoms with E-state index in [1.807, 2.05) is 13.8 Å². The van der Waals surface area contributed by atoms with Gasteiger partial charge in [-0.2, -0.15) is 0 Å². The second-order valence-corrected chi connectivity index (χ2v) is 5.80. The number of carbonyl (C=O) groups is 2. The number of carbonyl (C=O) groups excluding carboxylic acids is 1. The van der Waals surface area contributed by atoms with E-state index < -0.39 is 5.97 Å². The van der Waals surface area contributed by atoms with Crippen LogP contribution in [0.4, 0.5) is 0 Å². The molecule has 1 aromatic heterocycles. The SMILES string of the molecule is CC1CN(C(=O)CSc2nnnn2CC(=O)O)CC(C)O1. The lowest BCUT2D eigenvalue weighted by molar-refractivity contribution is -0.140. The summed E-state index contributed by atoms with van der Waals surface area (Å²) in [4.78, 5) is 24.6. The average Bonchev–Trinajstić information content (AvgIpc) is 2.81. The van der Waals surface area contributed by atoms with Gasteiger partial charge in [-0.05, 0) is 24.3 Å². The van der Waals surface area contributed by atoms with Gasteiger partial charge in [-0.3, -0.25) is 9.59 Å². The quantitative estimate of drug-likeness (QED) is 0.723. The molecule has 0 bridgehead atoms. The van der Waals surface area contributed by atoms with Crippen molar-refractivity contribution in [1.29, 1.82) is 0 Å². The van der Waals surface area contributed by atoms with Crippen LogP contribution in [-0.2, 0) is 20.9 Å². The fraction of sp³-hybridized carbons (Fsp3) is 0.727. The predicted molar refractivity (Wildman–Crippen MR) is 72.8 cm³/mol. The summed E-state index contributed by atoms with van der Waals surface area (Å²) in [7, 11) is 0. The Morgan fingerprint density at radius 3 is 2.67 bits per heavy atom. The molecule has 0 aromatic carbocycles. The number of nitrogens with zero attached hydrogens (tertiary/aromatic N) is 5. The molecule has 1 amide bonds. The number of rotatable bonds is 5. The Hall–Kier alpha value is -1.68. The molecule has 1 fully saturated rings. The largest absolute Gasteiger partial charge is 0.480 e. The van der Waals surface area contributed by atoms with Gasteiger partial charge in [0.15, 0.2) is 0 Å². The standard InChI is InChI=1S/C11H17N5O4S/c1-7-3-15(4-8(2)20-7)9(17)6-21-11-12-13-14-16(11)5-10(18)19/h7-8H,3-6H2,1-2H3,(H,18,19). The number of aromatic nitrogens is 4. The topological polar surface area (TPSA) is 110 Å². The highest BCUT2D eigenvalue weighted by molar-refractivity contribution is 7.99.